The van der Waals surface area contributed by atoms with E-state index in [-0.39, 0.29) is 11.5 Å². The van der Waals surface area contributed by atoms with E-state index in [1.807, 2.05) is 31.2 Å². The number of carbonyl (C=O) groups is 1. The Morgan fingerprint density at radius 2 is 1.90 bits per heavy atom. The quantitative estimate of drug-likeness (QED) is 0.728. The highest BCUT2D eigenvalue weighted by molar-refractivity contribution is 5.94. The Balaban J connectivity index is 1.43. The van der Waals surface area contributed by atoms with Crippen molar-refractivity contribution >= 4 is 23.4 Å². The van der Waals surface area contributed by atoms with Crippen LogP contribution in [0.5, 0.6) is 0 Å². The van der Waals surface area contributed by atoms with E-state index in [2.05, 4.69) is 30.2 Å². The standard InChI is InChI=1S/C20H20FN7O/c1-14-24-18(26-17-4-2-3-5-23-17)11-19(25-14)27-6-8-28(9-7-27)20(29)15-10-16(21)13-22-12-15/h2-5,10-13H,6-9H2,1H3,(H,23,24,25,26). The molecule has 0 unspecified atom stereocenters. The van der Waals surface area contributed by atoms with Gasteiger partial charge in [0.1, 0.15) is 29.1 Å². The third kappa shape index (κ3) is 4.45. The van der Waals surface area contributed by atoms with Gasteiger partial charge in [0.25, 0.3) is 5.91 Å². The van der Waals surface area contributed by atoms with Crippen LogP contribution in [-0.2, 0) is 0 Å². The molecule has 0 spiro atoms. The van der Waals surface area contributed by atoms with Gasteiger partial charge in [0.2, 0.25) is 0 Å². The first-order valence-corrected chi connectivity index (χ1v) is 9.27. The van der Waals surface area contributed by atoms with Crippen LogP contribution in [0.3, 0.4) is 0 Å². The van der Waals surface area contributed by atoms with Crippen LogP contribution in [-0.4, -0.2) is 56.9 Å². The van der Waals surface area contributed by atoms with Crippen LogP contribution in [0.25, 0.3) is 0 Å². The van der Waals surface area contributed by atoms with Crippen molar-refractivity contribution in [2.45, 2.75) is 6.92 Å². The van der Waals surface area contributed by atoms with Crippen LogP contribution < -0.4 is 10.2 Å². The van der Waals surface area contributed by atoms with Gasteiger partial charge in [-0.05, 0) is 25.1 Å². The summed E-state index contributed by atoms with van der Waals surface area (Å²) in [4.78, 5) is 33.3. The fourth-order valence-electron chi connectivity index (χ4n) is 3.20. The van der Waals surface area contributed by atoms with Crippen LogP contribution in [0.1, 0.15) is 16.2 Å². The summed E-state index contributed by atoms with van der Waals surface area (Å²) in [5.74, 6) is 2.07. The maximum absolute atomic E-state index is 13.3. The minimum Gasteiger partial charge on any atom is -0.353 e. The number of amides is 1. The molecule has 3 aromatic heterocycles. The first-order chi connectivity index (χ1) is 14.1. The Kier molecular flexibility index (Phi) is 5.28. The molecule has 1 amide bonds. The molecular weight excluding hydrogens is 373 g/mol. The Morgan fingerprint density at radius 3 is 2.62 bits per heavy atom. The minimum atomic E-state index is -0.515. The lowest BCUT2D eigenvalue weighted by Gasteiger charge is -2.35. The van der Waals surface area contributed by atoms with Gasteiger partial charge in [0, 0.05) is 44.6 Å². The summed E-state index contributed by atoms with van der Waals surface area (Å²) < 4.78 is 13.3. The van der Waals surface area contributed by atoms with Crippen LogP contribution in [0, 0.1) is 12.7 Å². The van der Waals surface area contributed by atoms with E-state index >= 15 is 0 Å². The van der Waals surface area contributed by atoms with Crippen molar-refractivity contribution in [3.63, 3.8) is 0 Å². The Labute approximate surface area is 167 Å². The first kappa shape index (κ1) is 18.7. The third-order valence-electron chi connectivity index (χ3n) is 4.59. The number of rotatable bonds is 4. The second kappa shape index (κ2) is 8.17. The third-order valence-corrected chi connectivity index (χ3v) is 4.59. The molecule has 0 aromatic carbocycles. The fourth-order valence-corrected chi connectivity index (χ4v) is 3.20. The van der Waals surface area contributed by atoms with Crippen LogP contribution in [0.15, 0.2) is 48.9 Å². The molecule has 1 aliphatic rings. The number of pyridine rings is 2. The number of nitrogens with one attached hydrogen (secondary N) is 1. The smallest absolute Gasteiger partial charge is 0.255 e. The van der Waals surface area contributed by atoms with E-state index in [9.17, 15) is 9.18 Å². The van der Waals surface area contributed by atoms with E-state index in [1.54, 1.807) is 11.1 Å². The van der Waals surface area contributed by atoms with E-state index in [1.165, 1.54) is 12.3 Å². The van der Waals surface area contributed by atoms with E-state index < -0.39 is 5.82 Å². The molecule has 4 rings (SSSR count). The Hall–Kier alpha value is -3.62. The lowest BCUT2D eigenvalue weighted by Crippen LogP contribution is -2.49. The second-order valence-corrected chi connectivity index (χ2v) is 6.67. The zero-order valence-corrected chi connectivity index (χ0v) is 15.9. The number of hydrogen-bond acceptors (Lipinski definition) is 7. The SMILES string of the molecule is Cc1nc(Nc2ccccn2)cc(N2CCN(C(=O)c3cncc(F)c3)CC2)n1. The van der Waals surface area contributed by atoms with Gasteiger partial charge in [-0.3, -0.25) is 9.78 Å². The summed E-state index contributed by atoms with van der Waals surface area (Å²) in [6.45, 7) is 4.11. The molecule has 0 saturated carbocycles. The number of hydrogen-bond donors (Lipinski definition) is 1. The highest BCUT2D eigenvalue weighted by Crippen LogP contribution is 2.20. The molecule has 0 bridgehead atoms. The normalized spacial score (nSPS) is 14.0. The lowest BCUT2D eigenvalue weighted by molar-refractivity contribution is 0.0745. The average Bonchev–Trinajstić information content (AvgIpc) is 2.74. The predicted octanol–water partition coefficient (Wildman–Crippen LogP) is 2.42. The van der Waals surface area contributed by atoms with Crippen molar-refractivity contribution in [2.75, 3.05) is 36.4 Å². The second-order valence-electron chi connectivity index (χ2n) is 6.67. The molecule has 4 heterocycles. The topological polar surface area (TPSA) is 87.1 Å². The van der Waals surface area contributed by atoms with Crippen LogP contribution in [0.4, 0.5) is 21.8 Å². The minimum absolute atomic E-state index is 0.215. The summed E-state index contributed by atoms with van der Waals surface area (Å²) in [5, 5.41) is 3.18. The van der Waals surface area contributed by atoms with Gasteiger partial charge in [0.15, 0.2) is 0 Å². The molecule has 0 atom stereocenters. The van der Waals surface area contributed by atoms with Crippen molar-refractivity contribution in [2.24, 2.45) is 0 Å². The number of piperazine rings is 1. The zero-order chi connectivity index (χ0) is 20.2. The maximum Gasteiger partial charge on any atom is 0.255 e. The van der Waals surface area contributed by atoms with Crippen molar-refractivity contribution in [1.82, 2.24) is 24.8 Å². The summed E-state index contributed by atoms with van der Waals surface area (Å²) >= 11 is 0. The highest BCUT2D eigenvalue weighted by Gasteiger charge is 2.24. The van der Waals surface area contributed by atoms with Crippen molar-refractivity contribution < 1.29 is 9.18 Å². The van der Waals surface area contributed by atoms with E-state index in [0.717, 1.165) is 12.0 Å². The molecule has 8 nitrogen and oxygen atoms in total. The molecule has 1 aliphatic heterocycles. The van der Waals surface area contributed by atoms with Crippen molar-refractivity contribution in [3.05, 3.63) is 66.1 Å². The molecule has 0 radical (unpaired) electrons. The monoisotopic (exact) mass is 393 g/mol. The maximum atomic E-state index is 13.3. The number of halogens is 1. The van der Waals surface area contributed by atoms with Crippen molar-refractivity contribution in [1.29, 1.82) is 0 Å². The largest absolute Gasteiger partial charge is 0.353 e. The molecule has 3 aromatic rings. The van der Waals surface area contributed by atoms with Gasteiger partial charge in [-0.2, -0.15) is 0 Å². The summed E-state index contributed by atoms with van der Waals surface area (Å²) in [5.41, 5.74) is 0.262. The molecule has 0 aliphatic carbocycles. The van der Waals surface area contributed by atoms with Crippen molar-refractivity contribution in [3.8, 4) is 0 Å². The molecule has 1 N–H and O–H groups in total. The van der Waals surface area contributed by atoms with Crippen LogP contribution in [0.2, 0.25) is 0 Å². The molecule has 9 heteroatoms. The van der Waals surface area contributed by atoms with E-state index in [0.29, 0.717) is 43.6 Å². The number of aryl methyl sites for hydroxylation is 1. The average molecular weight is 393 g/mol. The molecule has 1 saturated heterocycles. The molecule has 29 heavy (non-hydrogen) atoms. The van der Waals surface area contributed by atoms with Crippen LogP contribution >= 0.6 is 0 Å². The van der Waals surface area contributed by atoms with Gasteiger partial charge in [-0.15, -0.1) is 0 Å². The van der Waals surface area contributed by atoms with Gasteiger partial charge in [0.05, 0.1) is 11.8 Å². The van der Waals surface area contributed by atoms with E-state index in [4.69, 9.17) is 0 Å². The number of nitrogens with zero attached hydrogens (tertiary/aromatic N) is 6. The number of aromatic nitrogens is 4. The molecular formula is C20H20FN7O. The Morgan fingerprint density at radius 1 is 1.07 bits per heavy atom. The van der Waals surface area contributed by atoms with Gasteiger partial charge < -0.3 is 15.1 Å². The first-order valence-electron chi connectivity index (χ1n) is 9.27. The summed E-state index contributed by atoms with van der Waals surface area (Å²) in [6, 6.07) is 8.70. The highest BCUT2D eigenvalue weighted by atomic mass is 19.1. The van der Waals surface area contributed by atoms with Gasteiger partial charge in [-0.1, -0.05) is 6.07 Å². The molecule has 148 valence electrons. The Bertz CT molecular complexity index is 1010. The molecule has 1 fully saturated rings. The zero-order valence-electron chi connectivity index (χ0n) is 15.9. The number of carbonyl (C=O) groups excluding carboxylic acids is 1. The fraction of sp³-hybridized carbons (Fsp3) is 0.250. The van der Waals surface area contributed by atoms with Gasteiger partial charge in [-0.25, -0.2) is 19.3 Å². The predicted molar refractivity (Wildman–Crippen MR) is 107 cm³/mol. The summed E-state index contributed by atoms with van der Waals surface area (Å²) in [6.07, 6.45) is 4.19. The van der Waals surface area contributed by atoms with Gasteiger partial charge >= 0.3 is 0 Å². The number of anilines is 3. The summed E-state index contributed by atoms with van der Waals surface area (Å²) in [7, 11) is 0. The lowest BCUT2D eigenvalue weighted by atomic mass is 10.2.